The minimum Gasteiger partial charge on any atom is -0.392 e. The number of hydrogen-bond acceptors (Lipinski definition) is 4. The molecule has 92 valence electrons. The predicted molar refractivity (Wildman–Crippen MR) is 64.6 cm³/mol. The van der Waals surface area contributed by atoms with Crippen LogP contribution in [0.1, 0.15) is 23.9 Å². The quantitative estimate of drug-likeness (QED) is 0.795. The summed E-state index contributed by atoms with van der Waals surface area (Å²) in [7, 11) is 0. The van der Waals surface area contributed by atoms with E-state index in [0.29, 0.717) is 11.5 Å². The molecule has 3 rings (SSSR count). The van der Waals surface area contributed by atoms with Crippen molar-refractivity contribution in [1.29, 1.82) is 0 Å². The van der Waals surface area contributed by atoms with Crippen molar-refractivity contribution in [3.63, 3.8) is 0 Å². The largest absolute Gasteiger partial charge is 0.392 e. The van der Waals surface area contributed by atoms with Crippen LogP contribution in [0.15, 0.2) is 24.3 Å². The standard InChI is InChI=1S/C12H10ClN3O2/c13-9-4-2-1-3-8(9)10-5-6-11-14-12(18-7-17)15-16(10)11/h1-4,7,10H,5-6H2/t10-/m0/s1. The van der Waals surface area contributed by atoms with Crippen LogP contribution in [0, 0.1) is 0 Å². The number of aryl methyl sites for hydroxylation is 1. The van der Waals surface area contributed by atoms with Crippen LogP contribution in [0.4, 0.5) is 0 Å². The molecule has 1 aromatic heterocycles. The van der Waals surface area contributed by atoms with Crippen LogP contribution in [0.3, 0.4) is 0 Å². The van der Waals surface area contributed by atoms with E-state index in [1.165, 1.54) is 0 Å². The predicted octanol–water partition coefficient (Wildman–Crippen LogP) is 2.00. The molecule has 1 aromatic carbocycles. The summed E-state index contributed by atoms with van der Waals surface area (Å²) in [5.74, 6) is 0.816. The molecule has 0 unspecified atom stereocenters. The maximum atomic E-state index is 10.3. The Bertz CT molecular complexity index is 597. The summed E-state index contributed by atoms with van der Waals surface area (Å²) < 4.78 is 6.44. The molecule has 0 N–H and O–H groups in total. The van der Waals surface area contributed by atoms with Gasteiger partial charge in [-0.25, -0.2) is 4.68 Å². The second-order valence-electron chi connectivity index (χ2n) is 4.05. The Balaban J connectivity index is 1.99. The van der Waals surface area contributed by atoms with Crippen LogP contribution in [-0.4, -0.2) is 21.2 Å². The van der Waals surface area contributed by atoms with Gasteiger partial charge in [-0.2, -0.15) is 4.98 Å². The molecule has 1 aliphatic rings. The maximum absolute atomic E-state index is 10.3. The second-order valence-corrected chi connectivity index (χ2v) is 4.45. The molecule has 0 fully saturated rings. The first-order valence-corrected chi connectivity index (χ1v) is 5.97. The monoisotopic (exact) mass is 263 g/mol. The van der Waals surface area contributed by atoms with E-state index >= 15 is 0 Å². The van der Waals surface area contributed by atoms with E-state index < -0.39 is 0 Å². The van der Waals surface area contributed by atoms with Gasteiger partial charge in [-0.1, -0.05) is 29.8 Å². The molecule has 0 radical (unpaired) electrons. The maximum Gasteiger partial charge on any atom is 0.343 e. The normalized spacial score (nSPS) is 17.5. The van der Waals surface area contributed by atoms with Gasteiger partial charge in [0.05, 0.1) is 6.04 Å². The molecule has 5 nitrogen and oxygen atoms in total. The summed E-state index contributed by atoms with van der Waals surface area (Å²) in [5.41, 5.74) is 1.01. The fourth-order valence-electron chi connectivity index (χ4n) is 2.27. The molecule has 18 heavy (non-hydrogen) atoms. The molecule has 0 bridgehead atoms. The van der Waals surface area contributed by atoms with Gasteiger partial charge in [-0.15, -0.1) is 5.10 Å². The fraction of sp³-hybridized carbons (Fsp3) is 0.250. The molecule has 6 heteroatoms. The molecule has 0 amide bonds. The van der Waals surface area contributed by atoms with Crippen LogP contribution >= 0.6 is 11.6 Å². The molecule has 0 saturated carbocycles. The number of fused-ring (bicyclic) bond motifs is 1. The van der Waals surface area contributed by atoms with Crippen molar-refractivity contribution in [3.05, 3.63) is 40.7 Å². The second kappa shape index (κ2) is 4.42. The average Bonchev–Trinajstić information content (AvgIpc) is 2.90. The van der Waals surface area contributed by atoms with Crippen molar-refractivity contribution < 1.29 is 9.53 Å². The Hall–Kier alpha value is -1.88. The van der Waals surface area contributed by atoms with Gasteiger partial charge in [-0.3, -0.25) is 4.79 Å². The SMILES string of the molecule is O=COc1nc2n(n1)[C@H](c1ccccc1Cl)CC2. The lowest BCUT2D eigenvalue weighted by molar-refractivity contribution is -0.121. The highest BCUT2D eigenvalue weighted by Crippen LogP contribution is 2.34. The molecule has 2 heterocycles. The number of halogens is 1. The van der Waals surface area contributed by atoms with Crippen LogP contribution in [-0.2, 0) is 11.2 Å². The fourth-order valence-corrected chi connectivity index (χ4v) is 2.53. The number of nitrogens with zero attached hydrogens (tertiary/aromatic N) is 3. The third-order valence-electron chi connectivity index (χ3n) is 3.04. The van der Waals surface area contributed by atoms with Gasteiger partial charge in [0, 0.05) is 11.4 Å². The summed E-state index contributed by atoms with van der Waals surface area (Å²) in [5, 5.41) is 4.88. The summed E-state index contributed by atoms with van der Waals surface area (Å²) in [6, 6.07) is 7.82. The Morgan fingerprint density at radius 3 is 3.06 bits per heavy atom. The topological polar surface area (TPSA) is 57.0 Å². The van der Waals surface area contributed by atoms with Gasteiger partial charge in [-0.05, 0) is 18.1 Å². The highest BCUT2D eigenvalue weighted by molar-refractivity contribution is 6.31. The van der Waals surface area contributed by atoms with Crippen molar-refractivity contribution in [2.75, 3.05) is 0 Å². The summed E-state index contributed by atoms with van der Waals surface area (Å²) >= 11 is 6.19. The number of ether oxygens (including phenoxy) is 1. The highest BCUT2D eigenvalue weighted by Gasteiger charge is 2.28. The lowest BCUT2D eigenvalue weighted by Gasteiger charge is -2.13. The third kappa shape index (κ3) is 1.76. The Labute approximate surface area is 108 Å². The Morgan fingerprint density at radius 2 is 2.28 bits per heavy atom. The van der Waals surface area contributed by atoms with Gasteiger partial charge < -0.3 is 4.74 Å². The van der Waals surface area contributed by atoms with Crippen molar-refractivity contribution >= 4 is 18.1 Å². The van der Waals surface area contributed by atoms with Gasteiger partial charge >= 0.3 is 12.5 Å². The van der Waals surface area contributed by atoms with E-state index in [1.54, 1.807) is 4.68 Å². The summed E-state index contributed by atoms with van der Waals surface area (Å²) in [6.07, 6.45) is 1.70. The van der Waals surface area contributed by atoms with Gasteiger partial charge in [0.15, 0.2) is 0 Å². The third-order valence-corrected chi connectivity index (χ3v) is 3.38. The van der Waals surface area contributed by atoms with Crippen LogP contribution in [0.2, 0.25) is 5.02 Å². The van der Waals surface area contributed by atoms with Crippen molar-refractivity contribution in [1.82, 2.24) is 14.8 Å². The molecule has 1 atom stereocenters. The van der Waals surface area contributed by atoms with Crippen LogP contribution < -0.4 is 4.74 Å². The molecule has 0 aliphatic carbocycles. The number of carbonyl (C=O) groups excluding carboxylic acids is 1. The Kier molecular flexibility index (Phi) is 2.76. The van der Waals surface area contributed by atoms with Crippen LogP contribution in [0.5, 0.6) is 6.01 Å². The van der Waals surface area contributed by atoms with Crippen molar-refractivity contribution in [2.45, 2.75) is 18.9 Å². The number of rotatable bonds is 3. The highest BCUT2D eigenvalue weighted by atomic mass is 35.5. The van der Waals surface area contributed by atoms with E-state index in [0.717, 1.165) is 24.2 Å². The molecular weight excluding hydrogens is 254 g/mol. The van der Waals surface area contributed by atoms with E-state index in [-0.39, 0.29) is 12.1 Å². The lowest BCUT2D eigenvalue weighted by Crippen LogP contribution is -2.08. The Morgan fingerprint density at radius 1 is 1.44 bits per heavy atom. The van der Waals surface area contributed by atoms with E-state index in [4.69, 9.17) is 11.6 Å². The van der Waals surface area contributed by atoms with Crippen LogP contribution in [0.25, 0.3) is 0 Å². The minimum atomic E-state index is 0.0604. The molecule has 2 aromatic rings. The zero-order valence-corrected chi connectivity index (χ0v) is 10.2. The first-order valence-electron chi connectivity index (χ1n) is 5.59. The first kappa shape index (κ1) is 11.2. The zero-order valence-electron chi connectivity index (χ0n) is 9.41. The smallest absolute Gasteiger partial charge is 0.343 e. The van der Waals surface area contributed by atoms with Gasteiger partial charge in [0.25, 0.3) is 0 Å². The zero-order chi connectivity index (χ0) is 12.5. The summed E-state index contributed by atoms with van der Waals surface area (Å²) in [6.45, 7) is 0.329. The number of carbonyl (C=O) groups is 1. The molecular formula is C12H10ClN3O2. The number of aromatic nitrogens is 3. The average molecular weight is 264 g/mol. The molecule has 1 aliphatic heterocycles. The minimum absolute atomic E-state index is 0.0604. The van der Waals surface area contributed by atoms with Crippen molar-refractivity contribution in [2.24, 2.45) is 0 Å². The number of hydrogen-bond donors (Lipinski definition) is 0. The van der Waals surface area contributed by atoms with Gasteiger partial charge in [0.2, 0.25) is 0 Å². The number of benzene rings is 1. The van der Waals surface area contributed by atoms with E-state index in [1.807, 2.05) is 24.3 Å². The first-order chi connectivity index (χ1) is 8.79. The summed E-state index contributed by atoms with van der Waals surface area (Å²) in [4.78, 5) is 14.4. The molecule has 0 saturated heterocycles. The van der Waals surface area contributed by atoms with Crippen molar-refractivity contribution in [3.8, 4) is 6.01 Å². The van der Waals surface area contributed by atoms with E-state index in [2.05, 4.69) is 14.8 Å². The molecule has 0 spiro atoms. The van der Waals surface area contributed by atoms with E-state index in [9.17, 15) is 4.79 Å². The van der Waals surface area contributed by atoms with Gasteiger partial charge in [0.1, 0.15) is 5.82 Å². The lowest BCUT2D eigenvalue weighted by atomic mass is 10.1.